The number of aromatic nitrogens is 1. The molecule has 3 atom stereocenters. The van der Waals surface area contributed by atoms with Gasteiger partial charge in [-0.25, -0.2) is 0 Å². The van der Waals surface area contributed by atoms with E-state index in [4.69, 9.17) is 9.15 Å². The van der Waals surface area contributed by atoms with E-state index in [9.17, 15) is 4.79 Å². The van der Waals surface area contributed by atoms with Gasteiger partial charge in [-0.1, -0.05) is 12.1 Å². The third-order valence-corrected chi connectivity index (χ3v) is 5.85. The van der Waals surface area contributed by atoms with Gasteiger partial charge in [0.15, 0.2) is 5.58 Å². The molecule has 2 aromatic rings. The van der Waals surface area contributed by atoms with E-state index in [-0.39, 0.29) is 11.9 Å². The van der Waals surface area contributed by atoms with Crippen LogP contribution in [0.4, 0.5) is 6.01 Å². The average Bonchev–Trinajstić information content (AvgIpc) is 3.14. The number of carbonyl (C=O) groups is 1. The lowest BCUT2D eigenvalue weighted by atomic mass is 10.0. The molecule has 0 bridgehead atoms. The smallest absolute Gasteiger partial charge is 0.299 e. The van der Waals surface area contributed by atoms with E-state index in [2.05, 4.69) is 29.0 Å². The van der Waals surface area contributed by atoms with Crippen LogP contribution in [0.15, 0.2) is 28.7 Å². The highest BCUT2D eigenvalue weighted by atomic mass is 16.5. The molecule has 7 heteroatoms. The molecule has 1 amide bonds. The molecule has 1 aromatic carbocycles. The number of rotatable bonds is 5. The lowest BCUT2D eigenvalue weighted by Crippen LogP contribution is -2.54. The maximum atomic E-state index is 12.9. The molecule has 7 nitrogen and oxygen atoms in total. The number of para-hydroxylation sites is 2. The number of anilines is 1. The van der Waals surface area contributed by atoms with Crippen LogP contribution >= 0.6 is 0 Å². The summed E-state index contributed by atoms with van der Waals surface area (Å²) >= 11 is 0. The largest absolute Gasteiger partial charge is 0.423 e. The second kappa shape index (κ2) is 8.49. The minimum atomic E-state index is -0.221. The number of piperidine rings is 1. The van der Waals surface area contributed by atoms with Crippen LogP contribution in [0.1, 0.15) is 33.1 Å². The lowest BCUT2D eigenvalue weighted by molar-refractivity contribution is -0.123. The summed E-state index contributed by atoms with van der Waals surface area (Å²) in [5.74, 6) is 0.0653. The molecule has 0 aliphatic carbocycles. The van der Waals surface area contributed by atoms with Gasteiger partial charge >= 0.3 is 0 Å². The molecule has 4 rings (SSSR count). The Morgan fingerprint density at radius 1 is 1.21 bits per heavy atom. The fraction of sp³-hybridized carbons (Fsp3) is 0.619. The molecular weight excluding hydrogens is 356 g/mol. The van der Waals surface area contributed by atoms with Crippen LogP contribution in [0, 0.1) is 0 Å². The monoisotopic (exact) mass is 386 g/mol. The van der Waals surface area contributed by atoms with E-state index in [1.54, 1.807) is 0 Å². The molecule has 1 aromatic heterocycles. The van der Waals surface area contributed by atoms with E-state index >= 15 is 0 Å². The van der Waals surface area contributed by atoms with Crippen molar-refractivity contribution in [3.05, 3.63) is 24.3 Å². The number of nitrogens with zero attached hydrogens (tertiary/aromatic N) is 3. The molecule has 3 heterocycles. The predicted molar refractivity (Wildman–Crippen MR) is 108 cm³/mol. The van der Waals surface area contributed by atoms with Gasteiger partial charge in [0.1, 0.15) is 11.6 Å². The van der Waals surface area contributed by atoms with Crippen LogP contribution in [0.2, 0.25) is 0 Å². The zero-order chi connectivity index (χ0) is 19.5. The van der Waals surface area contributed by atoms with E-state index in [1.807, 2.05) is 29.2 Å². The Kier molecular flexibility index (Phi) is 5.82. The molecule has 2 saturated heterocycles. The number of ether oxygens (including phenoxy) is 1. The SMILES string of the molecule is CC1COCC(C)N1CCNC(=O)[C@@H]1CCCCN1c1nc2ccccc2o1. The van der Waals surface area contributed by atoms with Gasteiger partial charge in [0.2, 0.25) is 5.91 Å². The standard InChI is InChI=1S/C21H30N4O3/c1-15-13-27-14-16(2)24(15)12-10-22-20(26)18-8-5-6-11-25(18)21-23-17-7-3-4-9-19(17)28-21/h3-4,7,9,15-16,18H,5-6,8,10-14H2,1-2H3,(H,22,26)/t15?,16?,18-/m0/s1. The van der Waals surface area contributed by atoms with E-state index in [0.29, 0.717) is 24.6 Å². The fourth-order valence-corrected chi connectivity index (χ4v) is 4.32. The van der Waals surface area contributed by atoms with Gasteiger partial charge in [-0.15, -0.1) is 0 Å². The van der Waals surface area contributed by atoms with Crippen LogP contribution in [-0.4, -0.2) is 66.8 Å². The summed E-state index contributed by atoms with van der Waals surface area (Å²) in [4.78, 5) is 22.0. The van der Waals surface area contributed by atoms with Crippen LogP contribution in [-0.2, 0) is 9.53 Å². The van der Waals surface area contributed by atoms with E-state index in [1.165, 1.54) is 0 Å². The molecule has 0 saturated carbocycles. The van der Waals surface area contributed by atoms with Crippen molar-refractivity contribution in [3.8, 4) is 0 Å². The molecule has 2 aliphatic rings. The zero-order valence-electron chi connectivity index (χ0n) is 16.8. The summed E-state index contributed by atoms with van der Waals surface area (Å²) in [5, 5.41) is 3.14. The number of morpholine rings is 1. The first kappa shape index (κ1) is 19.2. The van der Waals surface area contributed by atoms with Crippen LogP contribution in [0.25, 0.3) is 11.1 Å². The number of nitrogens with one attached hydrogen (secondary N) is 1. The van der Waals surface area contributed by atoms with E-state index < -0.39 is 0 Å². The molecule has 28 heavy (non-hydrogen) atoms. The summed E-state index contributed by atoms with van der Waals surface area (Å²) in [6, 6.07) is 8.83. The quantitative estimate of drug-likeness (QED) is 0.851. The first-order valence-corrected chi connectivity index (χ1v) is 10.4. The molecule has 1 N–H and O–H groups in total. The Morgan fingerprint density at radius 3 is 2.79 bits per heavy atom. The molecule has 0 spiro atoms. The zero-order valence-corrected chi connectivity index (χ0v) is 16.8. The van der Waals surface area contributed by atoms with Crippen molar-refractivity contribution < 1.29 is 13.9 Å². The van der Waals surface area contributed by atoms with Gasteiger partial charge < -0.3 is 19.4 Å². The van der Waals surface area contributed by atoms with Gasteiger partial charge in [-0.3, -0.25) is 9.69 Å². The third kappa shape index (κ3) is 4.00. The van der Waals surface area contributed by atoms with Crippen LogP contribution in [0.5, 0.6) is 0 Å². The van der Waals surface area contributed by atoms with Gasteiger partial charge in [-0.05, 0) is 45.2 Å². The van der Waals surface area contributed by atoms with Gasteiger partial charge in [-0.2, -0.15) is 4.98 Å². The Balaban J connectivity index is 1.39. The maximum absolute atomic E-state index is 12.9. The minimum absolute atomic E-state index is 0.0653. The number of oxazole rings is 1. The summed E-state index contributed by atoms with van der Waals surface area (Å²) < 4.78 is 11.5. The normalized spacial score (nSPS) is 26.5. The minimum Gasteiger partial charge on any atom is -0.423 e. The summed E-state index contributed by atoms with van der Waals surface area (Å²) in [5.41, 5.74) is 1.59. The van der Waals surface area contributed by atoms with Crippen molar-refractivity contribution >= 4 is 23.0 Å². The molecule has 2 aliphatic heterocycles. The van der Waals surface area contributed by atoms with Crippen molar-refractivity contribution in [1.29, 1.82) is 0 Å². The Labute approximate surface area is 166 Å². The first-order chi connectivity index (χ1) is 13.6. The molecular formula is C21H30N4O3. The van der Waals surface area contributed by atoms with Crippen LogP contribution < -0.4 is 10.2 Å². The van der Waals surface area contributed by atoms with Gasteiger partial charge in [0.25, 0.3) is 6.01 Å². The third-order valence-electron chi connectivity index (χ3n) is 5.85. The highest BCUT2D eigenvalue weighted by Gasteiger charge is 2.32. The number of carbonyl (C=O) groups excluding carboxylic acids is 1. The number of fused-ring (bicyclic) bond motifs is 1. The van der Waals surface area contributed by atoms with Crippen molar-refractivity contribution in [3.63, 3.8) is 0 Å². The van der Waals surface area contributed by atoms with Crippen molar-refractivity contribution in [1.82, 2.24) is 15.2 Å². The van der Waals surface area contributed by atoms with Crippen molar-refractivity contribution in [2.45, 2.75) is 51.2 Å². The summed E-state index contributed by atoms with van der Waals surface area (Å²) in [7, 11) is 0. The number of benzene rings is 1. The second-order valence-electron chi connectivity index (χ2n) is 7.93. The average molecular weight is 386 g/mol. The first-order valence-electron chi connectivity index (χ1n) is 10.4. The highest BCUT2D eigenvalue weighted by molar-refractivity contribution is 5.85. The number of amides is 1. The topological polar surface area (TPSA) is 70.8 Å². The second-order valence-corrected chi connectivity index (χ2v) is 7.93. The molecule has 2 unspecified atom stereocenters. The highest BCUT2D eigenvalue weighted by Crippen LogP contribution is 2.27. The van der Waals surface area contributed by atoms with Crippen molar-refractivity contribution in [2.75, 3.05) is 37.7 Å². The molecule has 2 fully saturated rings. The van der Waals surface area contributed by atoms with Crippen molar-refractivity contribution in [2.24, 2.45) is 0 Å². The number of hydrogen-bond donors (Lipinski definition) is 1. The van der Waals surface area contributed by atoms with Gasteiger partial charge in [0, 0.05) is 31.7 Å². The summed E-state index contributed by atoms with van der Waals surface area (Å²) in [6.07, 6.45) is 2.92. The van der Waals surface area contributed by atoms with Gasteiger partial charge in [0.05, 0.1) is 13.2 Å². The molecule has 152 valence electrons. The Bertz CT molecular complexity index is 765. The van der Waals surface area contributed by atoms with Crippen LogP contribution in [0.3, 0.4) is 0 Å². The van der Waals surface area contributed by atoms with E-state index in [0.717, 1.165) is 56.7 Å². The number of hydrogen-bond acceptors (Lipinski definition) is 6. The Hall–Kier alpha value is -2.12. The predicted octanol–water partition coefficient (Wildman–Crippen LogP) is 2.41. The molecule has 0 radical (unpaired) electrons. The maximum Gasteiger partial charge on any atom is 0.299 e. The summed E-state index contributed by atoms with van der Waals surface area (Å²) in [6.45, 7) is 8.14. The lowest BCUT2D eigenvalue weighted by Gasteiger charge is -2.39. The fourth-order valence-electron chi connectivity index (χ4n) is 4.32. The Morgan fingerprint density at radius 2 is 2.00 bits per heavy atom.